The highest BCUT2D eigenvalue weighted by molar-refractivity contribution is 6.28. The Morgan fingerprint density at radius 2 is 0.881 bits per heavy atom. The van der Waals surface area contributed by atoms with Gasteiger partial charge in [0.1, 0.15) is 0 Å². The van der Waals surface area contributed by atoms with Crippen LogP contribution >= 0.6 is 0 Å². The molecule has 0 saturated heterocycles. The number of aromatic nitrogens is 5. The predicted octanol–water partition coefficient (Wildman–Crippen LogP) is 14.8. The lowest BCUT2D eigenvalue weighted by atomic mass is 9.97. The summed E-state index contributed by atoms with van der Waals surface area (Å²) in [6, 6.07) is 78.1. The first kappa shape index (κ1) is 37.3. The summed E-state index contributed by atoms with van der Waals surface area (Å²) in [6.07, 6.45) is 0. The zero-order chi connectivity index (χ0) is 44.2. The van der Waals surface area contributed by atoms with Crippen LogP contribution in [-0.4, -0.2) is 23.7 Å². The molecule has 0 fully saturated rings. The monoisotopic (exact) mass is 855 g/mol. The summed E-state index contributed by atoms with van der Waals surface area (Å²) in [5.41, 5.74) is 11.4. The molecular formula is C61H37N5O. The minimum absolute atomic E-state index is 0.111. The molecule has 4 heterocycles. The highest BCUT2D eigenvalue weighted by Crippen LogP contribution is 2.42. The van der Waals surface area contributed by atoms with Crippen molar-refractivity contribution >= 4 is 87.0 Å². The zero-order valence-corrected chi connectivity index (χ0v) is 36.0. The van der Waals surface area contributed by atoms with Crippen LogP contribution < -0.4 is 5.56 Å². The largest absolute Gasteiger partial charge is 0.309 e. The number of hydrogen-bond donors (Lipinski definition) is 0. The Morgan fingerprint density at radius 3 is 1.63 bits per heavy atom. The first-order valence-corrected chi connectivity index (χ1v) is 22.6. The summed E-state index contributed by atoms with van der Waals surface area (Å²) in [5.74, 6) is 0.503. The second-order valence-corrected chi connectivity index (χ2v) is 17.3. The van der Waals surface area contributed by atoms with Gasteiger partial charge in [0.25, 0.3) is 5.56 Å². The van der Waals surface area contributed by atoms with Gasteiger partial charge in [0.05, 0.1) is 44.2 Å². The fourth-order valence-corrected chi connectivity index (χ4v) is 10.7. The quantitative estimate of drug-likeness (QED) is 0.162. The number of fused-ring (bicyclic) bond motifs is 13. The molecule has 0 radical (unpaired) electrons. The van der Waals surface area contributed by atoms with Gasteiger partial charge in [-0.05, 0) is 94.0 Å². The van der Waals surface area contributed by atoms with Crippen molar-refractivity contribution in [2.75, 3.05) is 0 Å². The van der Waals surface area contributed by atoms with E-state index in [2.05, 4.69) is 167 Å². The molecular weight excluding hydrogens is 819 g/mol. The molecule has 14 aromatic rings. The van der Waals surface area contributed by atoms with Crippen molar-refractivity contribution in [2.24, 2.45) is 0 Å². The van der Waals surface area contributed by atoms with Crippen LogP contribution in [0.2, 0.25) is 0 Å². The second-order valence-electron chi connectivity index (χ2n) is 17.3. The molecule has 0 bridgehead atoms. The van der Waals surface area contributed by atoms with Crippen LogP contribution in [0.15, 0.2) is 229 Å². The van der Waals surface area contributed by atoms with Gasteiger partial charge in [-0.3, -0.25) is 13.9 Å². The summed E-state index contributed by atoms with van der Waals surface area (Å²) in [4.78, 5) is 26.6. The number of para-hydroxylation sites is 4. The van der Waals surface area contributed by atoms with Crippen molar-refractivity contribution in [3.63, 3.8) is 0 Å². The van der Waals surface area contributed by atoms with Gasteiger partial charge in [-0.25, -0.2) is 9.97 Å². The topological polar surface area (TPSA) is 57.6 Å². The van der Waals surface area contributed by atoms with E-state index >= 15 is 4.79 Å². The molecule has 0 aliphatic rings. The molecule has 312 valence electrons. The predicted molar refractivity (Wildman–Crippen MR) is 277 cm³/mol. The average Bonchev–Trinajstić information content (AvgIpc) is 3.92. The molecule has 0 amide bonds. The van der Waals surface area contributed by atoms with E-state index in [1.165, 1.54) is 10.8 Å². The van der Waals surface area contributed by atoms with Crippen molar-refractivity contribution in [3.05, 3.63) is 235 Å². The van der Waals surface area contributed by atoms with E-state index in [1.807, 2.05) is 71.3 Å². The molecule has 14 rings (SSSR count). The minimum atomic E-state index is -0.111. The van der Waals surface area contributed by atoms with E-state index in [9.17, 15) is 0 Å². The fourth-order valence-electron chi connectivity index (χ4n) is 10.7. The molecule has 0 spiro atoms. The molecule has 0 N–H and O–H groups in total. The maximum Gasteiger partial charge on any atom is 0.265 e. The highest BCUT2D eigenvalue weighted by Gasteiger charge is 2.25. The lowest BCUT2D eigenvalue weighted by Crippen LogP contribution is -2.20. The lowest BCUT2D eigenvalue weighted by Gasteiger charge is -2.17. The Labute approximate surface area is 383 Å². The number of benzene rings is 10. The fraction of sp³-hybridized carbons (Fsp3) is 0. The van der Waals surface area contributed by atoms with Crippen LogP contribution in [0.25, 0.3) is 127 Å². The third-order valence-electron chi connectivity index (χ3n) is 13.6. The van der Waals surface area contributed by atoms with Crippen molar-refractivity contribution in [1.29, 1.82) is 0 Å². The summed E-state index contributed by atoms with van der Waals surface area (Å²) in [6.45, 7) is 0. The van der Waals surface area contributed by atoms with Crippen molar-refractivity contribution in [3.8, 4) is 39.7 Å². The van der Waals surface area contributed by atoms with Crippen LogP contribution in [-0.2, 0) is 0 Å². The number of rotatable bonds is 5. The second kappa shape index (κ2) is 14.4. The van der Waals surface area contributed by atoms with E-state index in [4.69, 9.17) is 9.97 Å². The number of nitrogens with zero attached hydrogens (tertiary/aromatic N) is 5. The average molecular weight is 856 g/mol. The normalized spacial score (nSPS) is 11.9. The molecule has 0 saturated carbocycles. The van der Waals surface area contributed by atoms with E-state index < -0.39 is 0 Å². The molecule has 0 aliphatic heterocycles. The van der Waals surface area contributed by atoms with Crippen LogP contribution in [0.1, 0.15) is 0 Å². The summed E-state index contributed by atoms with van der Waals surface area (Å²) in [5, 5.41) is 10.00. The van der Waals surface area contributed by atoms with Crippen LogP contribution in [0.5, 0.6) is 0 Å². The summed E-state index contributed by atoms with van der Waals surface area (Å²) in [7, 11) is 0. The first-order chi connectivity index (χ1) is 33.2. The first-order valence-electron chi connectivity index (χ1n) is 22.6. The highest BCUT2D eigenvalue weighted by atomic mass is 16.1. The van der Waals surface area contributed by atoms with Gasteiger partial charge in [0.2, 0.25) is 5.95 Å². The van der Waals surface area contributed by atoms with E-state index in [-0.39, 0.29) is 5.56 Å². The van der Waals surface area contributed by atoms with Gasteiger partial charge >= 0.3 is 0 Å². The van der Waals surface area contributed by atoms with Gasteiger partial charge < -0.3 is 4.57 Å². The molecule has 67 heavy (non-hydrogen) atoms. The standard InChI is InChI=1S/C61H37N5O/c67-60-57-46(31-32-48-56-44-23-11-10-16-38(44)28-35-55(56)66(59(48)57)61-62-51-26-14-12-25-47(51)58(63-61)39-17-4-1-5-18-39)50-37-41(30-34-54(50)65(60)43-21-8-3-9-22-43)40-29-33-53-49(36-40)45-24-13-15-27-52(45)64(53)42-19-6-2-7-20-42/h1-37H. The third-order valence-corrected chi connectivity index (χ3v) is 13.6. The third kappa shape index (κ3) is 5.54. The Balaban J connectivity index is 1.11. The van der Waals surface area contributed by atoms with E-state index in [0.29, 0.717) is 11.3 Å². The molecule has 6 nitrogen and oxygen atoms in total. The van der Waals surface area contributed by atoms with E-state index in [0.717, 1.165) is 105 Å². The molecule has 6 heteroatoms. The van der Waals surface area contributed by atoms with Crippen LogP contribution in [0, 0.1) is 0 Å². The summed E-state index contributed by atoms with van der Waals surface area (Å²) < 4.78 is 6.37. The zero-order valence-electron chi connectivity index (χ0n) is 36.0. The Morgan fingerprint density at radius 1 is 0.328 bits per heavy atom. The molecule has 0 unspecified atom stereocenters. The summed E-state index contributed by atoms with van der Waals surface area (Å²) >= 11 is 0. The smallest absolute Gasteiger partial charge is 0.265 e. The Bertz CT molecular complexity index is 4400. The molecule has 4 aromatic heterocycles. The molecule has 0 atom stereocenters. The van der Waals surface area contributed by atoms with Gasteiger partial charge in [0, 0.05) is 49.3 Å². The van der Waals surface area contributed by atoms with Gasteiger partial charge in [-0.15, -0.1) is 0 Å². The van der Waals surface area contributed by atoms with Crippen molar-refractivity contribution in [1.82, 2.24) is 23.7 Å². The van der Waals surface area contributed by atoms with E-state index in [1.54, 1.807) is 0 Å². The van der Waals surface area contributed by atoms with Crippen LogP contribution in [0.4, 0.5) is 0 Å². The van der Waals surface area contributed by atoms with Crippen molar-refractivity contribution in [2.45, 2.75) is 0 Å². The maximum atomic E-state index is 15.8. The minimum Gasteiger partial charge on any atom is -0.309 e. The molecule has 10 aromatic carbocycles. The Hall–Kier alpha value is -9.13. The van der Waals surface area contributed by atoms with Gasteiger partial charge in [-0.2, -0.15) is 0 Å². The Kier molecular flexibility index (Phi) is 8.03. The van der Waals surface area contributed by atoms with Gasteiger partial charge in [-0.1, -0.05) is 158 Å². The lowest BCUT2D eigenvalue weighted by molar-refractivity contribution is 1.01. The van der Waals surface area contributed by atoms with Crippen LogP contribution in [0.3, 0.4) is 0 Å². The number of hydrogen-bond acceptors (Lipinski definition) is 3. The SMILES string of the molecule is O=c1c2c(ccc3c4c5ccccc5ccc4n(-c4nc(-c5ccccc5)c5ccccc5n4)c32)c2cc(-c3ccc4c(c3)c3ccccc3n4-c3ccccc3)ccc2n1-c1ccccc1. The maximum absolute atomic E-state index is 15.8. The number of pyridine rings is 1. The molecule has 0 aliphatic carbocycles. The van der Waals surface area contributed by atoms with Gasteiger partial charge in [0.15, 0.2) is 0 Å². The van der Waals surface area contributed by atoms with Crippen molar-refractivity contribution < 1.29 is 0 Å².